The Hall–Kier alpha value is -2.14. The SMILES string of the molecule is C=CC1CN(C(=O)OCc2ccccc2)C(=O)C1OC(C)C. The maximum absolute atomic E-state index is 12.3. The molecule has 118 valence electrons. The highest BCUT2D eigenvalue weighted by Crippen LogP contribution is 2.24. The number of rotatable bonds is 5. The molecule has 1 aromatic rings. The highest BCUT2D eigenvalue weighted by molar-refractivity contribution is 5.96. The van der Waals surface area contributed by atoms with Gasteiger partial charge in [-0.1, -0.05) is 36.4 Å². The van der Waals surface area contributed by atoms with Crippen molar-refractivity contribution < 1.29 is 19.1 Å². The van der Waals surface area contributed by atoms with Crippen LogP contribution >= 0.6 is 0 Å². The molecule has 0 saturated carbocycles. The van der Waals surface area contributed by atoms with Gasteiger partial charge in [-0.2, -0.15) is 0 Å². The zero-order chi connectivity index (χ0) is 16.1. The van der Waals surface area contributed by atoms with Gasteiger partial charge in [-0.15, -0.1) is 6.58 Å². The molecule has 5 heteroatoms. The predicted octanol–water partition coefficient (Wildman–Crippen LogP) is 2.76. The van der Waals surface area contributed by atoms with Gasteiger partial charge in [0, 0.05) is 12.5 Å². The van der Waals surface area contributed by atoms with Gasteiger partial charge < -0.3 is 9.47 Å². The molecule has 0 spiro atoms. The molecule has 1 saturated heterocycles. The number of likely N-dealkylation sites (tertiary alicyclic amines) is 1. The number of imide groups is 1. The third kappa shape index (κ3) is 3.74. The third-order valence-corrected chi connectivity index (χ3v) is 3.44. The molecule has 1 fully saturated rings. The van der Waals surface area contributed by atoms with Crippen LogP contribution in [0.3, 0.4) is 0 Å². The van der Waals surface area contributed by atoms with Gasteiger partial charge in [0.25, 0.3) is 5.91 Å². The summed E-state index contributed by atoms with van der Waals surface area (Å²) in [5, 5.41) is 0. The average molecular weight is 303 g/mol. The van der Waals surface area contributed by atoms with Crippen LogP contribution in [0.25, 0.3) is 0 Å². The first-order valence-corrected chi connectivity index (χ1v) is 7.33. The van der Waals surface area contributed by atoms with Gasteiger partial charge in [-0.3, -0.25) is 4.79 Å². The van der Waals surface area contributed by atoms with E-state index in [2.05, 4.69) is 6.58 Å². The van der Waals surface area contributed by atoms with E-state index in [0.29, 0.717) is 0 Å². The second kappa shape index (κ2) is 7.22. The molecule has 0 bridgehead atoms. The van der Waals surface area contributed by atoms with Crippen LogP contribution in [-0.4, -0.2) is 35.7 Å². The van der Waals surface area contributed by atoms with E-state index in [-0.39, 0.29) is 31.1 Å². The van der Waals surface area contributed by atoms with Crippen molar-refractivity contribution in [1.29, 1.82) is 0 Å². The van der Waals surface area contributed by atoms with Crippen molar-refractivity contribution >= 4 is 12.0 Å². The molecule has 22 heavy (non-hydrogen) atoms. The van der Waals surface area contributed by atoms with Crippen LogP contribution in [0.5, 0.6) is 0 Å². The summed E-state index contributed by atoms with van der Waals surface area (Å²) >= 11 is 0. The Labute approximate surface area is 130 Å². The smallest absolute Gasteiger partial charge is 0.416 e. The Morgan fingerprint density at radius 2 is 2.09 bits per heavy atom. The van der Waals surface area contributed by atoms with Gasteiger partial charge >= 0.3 is 6.09 Å². The summed E-state index contributed by atoms with van der Waals surface area (Å²) in [6.45, 7) is 7.79. The third-order valence-electron chi connectivity index (χ3n) is 3.44. The largest absolute Gasteiger partial charge is 0.444 e. The molecule has 0 aromatic heterocycles. The molecular weight excluding hydrogens is 282 g/mol. The van der Waals surface area contributed by atoms with Crippen LogP contribution in [0.15, 0.2) is 43.0 Å². The van der Waals surface area contributed by atoms with E-state index in [0.717, 1.165) is 10.5 Å². The number of amides is 2. The quantitative estimate of drug-likeness (QED) is 0.785. The molecule has 1 aliphatic rings. The number of hydrogen-bond donors (Lipinski definition) is 0. The van der Waals surface area contributed by atoms with Gasteiger partial charge in [-0.25, -0.2) is 9.69 Å². The Balaban J connectivity index is 1.98. The van der Waals surface area contributed by atoms with Crippen molar-refractivity contribution in [1.82, 2.24) is 4.90 Å². The summed E-state index contributed by atoms with van der Waals surface area (Å²) in [7, 11) is 0. The number of nitrogens with zero attached hydrogens (tertiary/aromatic N) is 1. The van der Waals surface area contributed by atoms with E-state index >= 15 is 0 Å². The predicted molar refractivity (Wildman–Crippen MR) is 82.0 cm³/mol. The molecule has 1 aromatic carbocycles. The molecular formula is C17H21NO4. The Morgan fingerprint density at radius 3 is 2.68 bits per heavy atom. The van der Waals surface area contributed by atoms with Crippen LogP contribution in [-0.2, 0) is 20.9 Å². The van der Waals surface area contributed by atoms with Gasteiger partial charge in [0.05, 0.1) is 6.10 Å². The summed E-state index contributed by atoms with van der Waals surface area (Å²) in [5.41, 5.74) is 0.873. The standard InChI is InChI=1S/C17H21NO4/c1-4-14-10-18(16(19)15(14)22-12(2)3)17(20)21-11-13-8-6-5-7-9-13/h4-9,12,14-15H,1,10-11H2,2-3H3. The van der Waals surface area contributed by atoms with Crippen molar-refractivity contribution in [3.05, 3.63) is 48.6 Å². The lowest BCUT2D eigenvalue weighted by Crippen LogP contribution is -2.37. The fourth-order valence-corrected chi connectivity index (χ4v) is 2.35. The number of carbonyl (C=O) groups is 2. The maximum atomic E-state index is 12.3. The molecule has 2 rings (SSSR count). The number of carbonyl (C=O) groups excluding carboxylic acids is 2. The molecule has 0 N–H and O–H groups in total. The molecule has 5 nitrogen and oxygen atoms in total. The topological polar surface area (TPSA) is 55.8 Å². The zero-order valence-corrected chi connectivity index (χ0v) is 12.9. The van der Waals surface area contributed by atoms with E-state index in [4.69, 9.17) is 9.47 Å². The normalized spacial score (nSPS) is 21.2. The number of ether oxygens (including phenoxy) is 2. The first-order chi connectivity index (χ1) is 10.5. The number of hydrogen-bond acceptors (Lipinski definition) is 4. The molecule has 2 amide bonds. The van der Waals surface area contributed by atoms with Crippen LogP contribution in [0.1, 0.15) is 19.4 Å². The molecule has 1 aliphatic heterocycles. The van der Waals surface area contributed by atoms with Crippen molar-refractivity contribution in [3.8, 4) is 0 Å². The van der Waals surface area contributed by atoms with Crippen LogP contribution in [0, 0.1) is 5.92 Å². The van der Waals surface area contributed by atoms with Crippen molar-refractivity contribution in [2.75, 3.05) is 6.54 Å². The second-order valence-corrected chi connectivity index (χ2v) is 5.49. The summed E-state index contributed by atoms with van der Waals surface area (Å²) in [6, 6.07) is 9.33. The lowest BCUT2D eigenvalue weighted by molar-refractivity contribution is -0.139. The van der Waals surface area contributed by atoms with E-state index in [1.54, 1.807) is 6.08 Å². The Kier molecular flexibility index (Phi) is 5.33. The lowest BCUT2D eigenvalue weighted by atomic mass is 10.1. The minimum Gasteiger partial charge on any atom is -0.444 e. The van der Waals surface area contributed by atoms with Gasteiger partial charge in [0.15, 0.2) is 0 Å². The van der Waals surface area contributed by atoms with Crippen molar-refractivity contribution in [2.24, 2.45) is 5.92 Å². The van der Waals surface area contributed by atoms with Crippen LogP contribution in [0.4, 0.5) is 4.79 Å². The van der Waals surface area contributed by atoms with Gasteiger partial charge in [0.2, 0.25) is 0 Å². The van der Waals surface area contributed by atoms with E-state index in [9.17, 15) is 9.59 Å². The summed E-state index contributed by atoms with van der Waals surface area (Å²) in [4.78, 5) is 25.5. The first-order valence-electron chi connectivity index (χ1n) is 7.33. The monoisotopic (exact) mass is 303 g/mol. The van der Waals surface area contributed by atoms with Gasteiger partial charge in [0.1, 0.15) is 12.7 Å². The fourth-order valence-electron chi connectivity index (χ4n) is 2.35. The molecule has 2 unspecified atom stereocenters. The van der Waals surface area contributed by atoms with Gasteiger partial charge in [-0.05, 0) is 19.4 Å². The molecule has 0 aliphatic carbocycles. The van der Waals surface area contributed by atoms with Crippen LogP contribution < -0.4 is 0 Å². The highest BCUT2D eigenvalue weighted by Gasteiger charge is 2.43. The summed E-state index contributed by atoms with van der Waals surface area (Å²) in [5.74, 6) is -0.573. The minimum atomic E-state index is -0.665. The summed E-state index contributed by atoms with van der Waals surface area (Å²) < 4.78 is 10.8. The zero-order valence-electron chi connectivity index (χ0n) is 12.9. The molecule has 0 radical (unpaired) electrons. The average Bonchev–Trinajstić information content (AvgIpc) is 2.82. The minimum absolute atomic E-state index is 0.100. The lowest BCUT2D eigenvalue weighted by Gasteiger charge is -2.17. The van der Waals surface area contributed by atoms with E-state index < -0.39 is 12.2 Å². The Bertz CT molecular complexity index is 541. The fraction of sp³-hybridized carbons (Fsp3) is 0.412. The van der Waals surface area contributed by atoms with E-state index in [1.165, 1.54) is 0 Å². The first kappa shape index (κ1) is 16.2. The van der Waals surface area contributed by atoms with Crippen LogP contribution in [0.2, 0.25) is 0 Å². The molecule has 1 heterocycles. The second-order valence-electron chi connectivity index (χ2n) is 5.49. The van der Waals surface area contributed by atoms with E-state index in [1.807, 2.05) is 44.2 Å². The molecule has 2 atom stereocenters. The van der Waals surface area contributed by atoms with Crippen molar-refractivity contribution in [3.63, 3.8) is 0 Å². The number of benzene rings is 1. The van der Waals surface area contributed by atoms with Crippen molar-refractivity contribution in [2.45, 2.75) is 32.7 Å². The Morgan fingerprint density at radius 1 is 1.41 bits per heavy atom. The highest BCUT2D eigenvalue weighted by atomic mass is 16.6. The summed E-state index contributed by atoms with van der Waals surface area (Å²) in [6.07, 6.45) is 0.240. The maximum Gasteiger partial charge on any atom is 0.416 e.